The molecule has 20 heavy (non-hydrogen) atoms. The number of hydrogen-bond donors (Lipinski definition) is 2. The minimum absolute atomic E-state index is 0. The highest BCUT2D eigenvalue weighted by Crippen LogP contribution is 2.27. The zero-order chi connectivity index (χ0) is 13.5. The fourth-order valence-electron chi connectivity index (χ4n) is 1.77. The molecule has 112 valence electrons. The van der Waals surface area contributed by atoms with Crippen LogP contribution in [0, 0.1) is 12.8 Å². The van der Waals surface area contributed by atoms with Gasteiger partial charge in [0.2, 0.25) is 5.91 Å². The minimum atomic E-state index is 0. The van der Waals surface area contributed by atoms with Gasteiger partial charge in [-0.1, -0.05) is 17.7 Å². The standard InChI is InChI=1S/C15H22N2OS.ClH/c1-12-2-6-14(7-3-12)19-9-8-17-15(18)11-16-10-13-4-5-13;/h2-3,6-7,13,16H,4-5,8-11H2,1H3,(H,17,18);1H. The fourth-order valence-corrected chi connectivity index (χ4v) is 2.54. The number of carbonyl (C=O) groups excluding carboxylic acids is 1. The van der Waals surface area contributed by atoms with Crippen LogP contribution in [0.3, 0.4) is 0 Å². The lowest BCUT2D eigenvalue weighted by Gasteiger charge is -2.06. The van der Waals surface area contributed by atoms with Crippen molar-refractivity contribution in [3.63, 3.8) is 0 Å². The molecule has 0 saturated heterocycles. The zero-order valence-electron chi connectivity index (χ0n) is 11.9. The van der Waals surface area contributed by atoms with Crippen LogP contribution >= 0.6 is 24.2 Å². The van der Waals surface area contributed by atoms with Gasteiger partial charge in [0, 0.05) is 17.2 Å². The summed E-state index contributed by atoms with van der Waals surface area (Å²) in [6.07, 6.45) is 2.64. The Kier molecular flexibility index (Phi) is 8.04. The van der Waals surface area contributed by atoms with Crippen molar-refractivity contribution >= 4 is 30.1 Å². The van der Waals surface area contributed by atoms with Crippen LogP contribution in [-0.4, -0.2) is 31.3 Å². The Morgan fingerprint density at radius 2 is 2.00 bits per heavy atom. The molecule has 1 aromatic carbocycles. The third-order valence-electron chi connectivity index (χ3n) is 3.13. The van der Waals surface area contributed by atoms with Crippen molar-refractivity contribution in [2.75, 3.05) is 25.4 Å². The first-order valence-electron chi connectivity index (χ1n) is 6.91. The average molecular weight is 315 g/mol. The first-order valence-corrected chi connectivity index (χ1v) is 7.89. The molecule has 0 atom stereocenters. The van der Waals surface area contributed by atoms with E-state index in [4.69, 9.17) is 0 Å². The van der Waals surface area contributed by atoms with E-state index in [1.807, 2.05) is 0 Å². The highest BCUT2D eigenvalue weighted by Gasteiger charge is 2.20. The summed E-state index contributed by atoms with van der Waals surface area (Å²) in [6.45, 7) is 4.25. The molecule has 1 aromatic rings. The van der Waals surface area contributed by atoms with Crippen molar-refractivity contribution in [3.8, 4) is 0 Å². The van der Waals surface area contributed by atoms with Crippen molar-refractivity contribution in [1.29, 1.82) is 0 Å². The predicted molar refractivity (Wildman–Crippen MR) is 87.8 cm³/mol. The van der Waals surface area contributed by atoms with Crippen LogP contribution in [0.1, 0.15) is 18.4 Å². The van der Waals surface area contributed by atoms with Crippen LogP contribution < -0.4 is 10.6 Å². The smallest absolute Gasteiger partial charge is 0.233 e. The summed E-state index contributed by atoms with van der Waals surface area (Å²) in [5.74, 6) is 1.84. The lowest BCUT2D eigenvalue weighted by Crippen LogP contribution is -2.35. The lowest BCUT2D eigenvalue weighted by atomic mass is 10.2. The molecule has 0 aliphatic heterocycles. The van der Waals surface area contributed by atoms with Gasteiger partial charge in [0.25, 0.3) is 0 Å². The molecule has 0 unspecified atom stereocenters. The van der Waals surface area contributed by atoms with Crippen molar-refractivity contribution in [1.82, 2.24) is 10.6 Å². The average Bonchev–Trinajstić information content (AvgIpc) is 3.21. The molecule has 0 bridgehead atoms. The Balaban J connectivity index is 0.00000200. The maximum atomic E-state index is 11.5. The van der Waals surface area contributed by atoms with Gasteiger partial charge >= 0.3 is 0 Å². The molecule has 3 nitrogen and oxygen atoms in total. The largest absolute Gasteiger partial charge is 0.354 e. The minimum Gasteiger partial charge on any atom is -0.354 e. The Hall–Kier alpha value is -0.710. The summed E-state index contributed by atoms with van der Waals surface area (Å²) in [4.78, 5) is 12.8. The van der Waals surface area contributed by atoms with Crippen molar-refractivity contribution in [3.05, 3.63) is 29.8 Å². The maximum Gasteiger partial charge on any atom is 0.233 e. The van der Waals surface area contributed by atoms with E-state index in [1.54, 1.807) is 11.8 Å². The number of benzene rings is 1. The molecular weight excluding hydrogens is 292 g/mol. The Morgan fingerprint density at radius 1 is 1.30 bits per heavy atom. The number of carbonyl (C=O) groups is 1. The van der Waals surface area contributed by atoms with Crippen LogP contribution in [-0.2, 0) is 4.79 Å². The van der Waals surface area contributed by atoms with Crippen molar-refractivity contribution < 1.29 is 4.79 Å². The summed E-state index contributed by atoms with van der Waals surface area (Å²) in [6, 6.07) is 8.48. The molecule has 2 N–H and O–H groups in total. The van der Waals surface area contributed by atoms with E-state index < -0.39 is 0 Å². The van der Waals surface area contributed by atoms with E-state index in [0.29, 0.717) is 6.54 Å². The summed E-state index contributed by atoms with van der Waals surface area (Å²) in [5.41, 5.74) is 1.28. The number of hydrogen-bond acceptors (Lipinski definition) is 3. The van der Waals surface area contributed by atoms with Crippen LogP contribution in [0.2, 0.25) is 0 Å². The molecule has 5 heteroatoms. The second kappa shape index (κ2) is 9.27. The van der Waals surface area contributed by atoms with Crippen molar-refractivity contribution in [2.45, 2.75) is 24.7 Å². The first kappa shape index (κ1) is 17.3. The lowest BCUT2D eigenvalue weighted by molar-refractivity contribution is -0.120. The monoisotopic (exact) mass is 314 g/mol. The molecule has 1 amide bonds. The fraction of sp³-hybridized carbons (Fsp3) is 0.533. The second-order valence-corrected chi connectivity index (χ2v) is 6.25. The second-order valence-electron chi connectivity index (χ2n) is 5.09. The van der Waals surface area contributed by atoms with Gasteiger partial charge in [-0.3, -0.25) is 4.79 Å². The molecule has 1 fully saturated rings. The van der Waals surface area contributed by atoms with E-state index in [0.717, 1.165) is 24.8 Å². The molecule has 0 aromatic heterocycles. The van der Waals surface area contributed by atoms with Crippen LogP contribution in [0.15, 0.2) is 29.2 Å². The molecule has 0 spiro atoms. The number of aryl methyl sites for hydroxylation is 1. The van der Waals surface area contributed by atoms with Gasteiger partial charge in [-0.15, -0.1) is 24.2 Å². The van der Waals surface area contributed by atoms with Crippen LogP contribution in [0.4, 0.5) is 0 Å². The van der Waals surface area contributed by atoms with Gasteiger partial charge in [-0.05, 0) is 44.4 Å². The highest BCUT2D eigenvalue weighted by atomic mass is 35.5. The van der Waals surface area contributed by atoms with Gasteiger partial charge in [0.15, 0.2) is 0 Å². The summed E-state index contributed by atoms with van der Waals surface area (Å²) >= 11 is 1.77. The van der Waals surface area contributed by atoms with Crippen LogP contribution in [0.5, 0.6) is 0 Å². The SMILES string of the molecule is Cc1ccc(SCCNC(=O)CNCC2CC2)cc1.Cl. The molecule has 1 aliphatic rings. The molecule has 1 aliphatic carbocycles. The highest BCUT2D eigenvalue weighted by molar-refractivity contribution is 7.99. The van der Waals surface area contributed by atoms with E-state index in [9.17, 15) is 4.79 Å². The number of rotatable bonds is 8. The quantitative estimate of drug-likeness (QED) is 0.572. The normalized spacial score (nSPS) is 13.7. The summed E-state index contributed by atoms with van der Waals surface area (Å²) < 4.78 is 0. The zero-order valence-corrected chi connectivity index (χ0v) is 13.5. The molecular formula is C15H23ClN2OS. The molecule has 1 saturated carbocycles. The maximum absolute atomic E-state index is 11.5. The Bertz CT molecular complexity index is 407. The molecule has 2 rings (SSSR count). The third kappa shape index (κ3) is 7.17. The van der Waals surface area contributed by atoms with Gasteiger partial charge < -0.3 is 10.6 Å². The van der Waals surface area contributed by atoms with E-state index in [2.05, 4.69) is 41.8 Å². The number of thioether (sulfide) groups is 1. The molecule has 0 heterocycles. The topological polar surface area (TPSA) is 41.1 Å². The summed E-state index contributed by atoms with van der Waals surface area (Å²) in [7, 11) is 0. The van der Waals surface area contributed by atoms with Crippen molar-refractivity contribution in [2.24, 2.45) is 5.92 Å². The molecule has 0 radical (unpaired) electrons. The van der Waals surface area contributed by atoms with Gasteiger partial charge in [0.05, 0.1) is 6.54 Å². The number of halogens is 1. The Morgan fingerprint density at radius 3 is 2.65 bits per heavy atom. The Labute approximate surface area is 131 Å². The number of amides is 1. The van der Waals surface area contributed by atoms with E-state index in [1.165, 1.54) is 23.3 Å². The first-order chi connectivity index (χ1) is 9.24. The predicted octanol–water partition coefficient (Wildman–Crippen LogP) is 2.62. The van der Waals surface area contributed by atoms with Gasteiger partial charge in [-0.2, -0.15) is 0 Å². The van der Waals surface area contributed by atoms with E-state index in [-0.39, 0.29) is 18.3 Å². The van der Waals surface area contributed by atoms with Gasteiger partial charge in [-0.25, -0.2) is 0 Å². The summed E-state index contributed by atoms with van der Waals surface area (Å²) in [5, 5.41) is 6.13. The third-order valence-corrected chi connectivity index (χ3v) is 4.14. The van der Waals surface area contributed by atoms with Gasteiger partial charge in [0.1, 0.15) is 0 Å². The number of nitrogens with one attached hydrogen (secondary N) is 2. The van der Waals surface area contributed by atoms with Crippen LogP contribution in [0.25, 0.3) is 0 Å². The van der Waals surface area contributed by atoms with E-state index >= 15 is 0 Å².